The van der Waals surface area contributed by atoms with Gasteiger partial charge in [0.15, 0.2) is 0 Å². The molecule has 0 spiro atoms. The summed E-state index contributed by atoms with van der Waals surface area (Å²) in [5, 5.41) is 1.08. The van der Waals surface area contributed by atoms with Gasteiger partial charge in [0, 0.05) is 44.7 Å². The summed E-state index contributed by atoms with van der Waals surface area (Å²) in [6.07, 6.45) is 5.90. The number of furan rings is 1. The quantitative estimate of drug-likeness (QED) is 0.135. The number of fused-ring (bicyclic) bond motifs is 6. The zero-order valence-electron chi connectivity index (χ0n) is 38.5. The maximum atomic E-state index is 6.85. The number of benzene rings is 9. The zero-order chi connectivity index (χ0) is 46.0. The van der Waals surface area contributed by atoms with Crippen molar-refractivity contribution in [2.24, 2.45) is 0 Å². The first-order valence-electron chi connectivity index (χ1n) is 23.5. The Hall–Kier alpha value is -8.40. The Morgan fingerprint density at radius 2 is 1.04 bits per heavy atom. The molecule has 1 aliphatic carbocycles. The third-order valence-corrected chi connectivity index (χ3v) is 14.5. The largest absolute Gasteiger partial charge is 0.460 e. The fourth-order valence-electron chi connectivity index (χ4n) is 11.4. The molecule has 68 heavy (non-hydrogen) atoms. The smallest absolute Gasteiger partial charge is 0.139 e. The Morgan fingerprint density at radius 3 is 1.72 bits per heavy atom. The summed E-state index contributed by atoms with van der Waals surface area (Å²) in [4.78, 5) is 4.84. The highest BCUT2D eigenvalue weighted by molar-refractivity contribution is 5.97. The molecule has 326 valence electrons. The molecule has 10 aromatic rings. The summed E-state index contributed by atoms with van der Waals surface area (Å²) in [5.41, 5.74) is 20.1. The summed E-state index contributed by atoms with van der Waals surface area (Å²) in [6, 6.07) is 80.0. The number of para-hydroxylation sites is 3. The van der Waals surface area contributed by atoms with Gasteiger partial charge < -0.3 is 14.2 Å². The van der Waals surface area contributed by atoms with Gasteiger partial charge in [-0.15, -0.1) is 0 Å². The van der Waals surface area contributed by atoms with Crippen molar-refractivity contribution in [3.05, 3.63) is 282 Å². The van der Waals surface area contributed by atoms with E-state index in [0.29, 0.717) is 0 Å². The van der Waals surface area contributed by atoms with Crippen LogP contribution in [0.5, 0.6) is 0 Å². The van der Waals surface area contributed by atoms with Crippen LogP contribution in [-0.4, -0.2) is 0 Å². The highest BCUT2D eigenvalue weighted by Gasteiger charge is 2.48. The molecule has 0 N–H and O–H groups in total. The molecule has 2 heterocycles. The second-order valence-corrected chi connectivity index (χ2v) is 18.5. The van der Waals surface area contributed by atoms with Gasteiger partial charge in [0.25, 0.3) is 0 Å². The topological polar surface area (TPSA) is 19.6 Å². The fraction of sp³-hybridized carbons (Fsp3) is 0.0769. The van der Waals surface area contributed by atoms with Gasteiger partial charge in [0.2, 0.25) is 0 Å². The molecule has 1 aliphatic heterocycles. The van der Waals surface area contributed by atoms with Crippen LogP contribution in [0.3, 0.4) is 0 Å². The fourth-order valence-corrected chi connectivity index (χ4v) is 11.4. The second kappa shape index (κ2) is 16.2. The summed E-state index contributed by atoms with van der Waals surface area (Å²) in [7, 11) is 0. The minimum absolute atomic E-state index is 0.134. The van der Waals surface area contributed by atoms with E-state index in [4.69, 9.17) is 4.42 Å². The predicted molar refractivity (Wildman–Crippen MR) is 284 cm³/mol. The number of rotatable bonds is 9. The van der Waals surface area contributed by atoms with Crippen molar-refractivity contribution in [1.82, 2.24) is 0 Å². The van der Waals surface area contributed by atoms with E-state index in [-0.39, 0.29) is 5.41 Å². The van der Waals surface area contributed by atoms with Crippen molar-refractivity contribution in [2.75, 3.05) is 9.80 Å². The standard InChI is InChI=1S/C65H50N2O/c1-5-6-24-52-44(2)68-63-55(52)26-19-30-59(63)65(47-22-11-8-12-23-47)57-28-15-17-31-61(57)67(62-32-18-16-29-58(62)65)50-39-37-49(38-40-50)66(48-35-33-46(34-36-48)45-20-9-7-10-21-45)51-41-42-54-53-25-13-14-27-56(53)64(3,4)60(54)43-51/h5-43H,1H2,2-4H3/b24-6-. The first-order valence-corrected chi connectivity index (χ1v) is 23.5. The Morgan fingerprint density at radius 1 is 0.500 bits per heavy atom. The van der Waals surface area contributed by atoms with Gasteiger partial charge in [0.05, 0.1) is 16.8 Å². The lowest BCUT2D eigenvalue weighted by molar-refractivity contribution is 0.566. The maximum Gasteiger partial charge on any atom is 0.139 e. The molecule has 12 rings (SSSR count). The van der Waals surface area contributed by atoms with Crippen molar-refractivity contribution < 1.29 is 4.42 Å². The van der Waals surface area contributed by atoms with Crippen LogP contribution in [0.25, 0.3) is 39.3 Å². The molecule has 0 fully saturated rings. The zero-order valence-corrected chi connectivity index (χ0v) is 38.5. The molecular weight excluding hydrogens is 825 g/mol. The predicted octanol–water partition coefficient (Wildman–Crippen LogP) is 17.5. The molecule has 3 heteroatoms. The van der Waals surface area contributed by atoms with Crippen LogP contribution in [-0.2, 0) is 10.8 Å². The van der Waals surface area contributed by atoms with E-state index >= 15 is 0 Å². The summed E-state index contributed by atoms with van der Waals surface area (Å²) in [5.74, 6) is 0.878. The van der Waals surface area contributed by atoms with Crippen LogP contribution in [0.15, 0.2) is 242 Å². The van der Waals surface area contributed by atoms with Crippen LogP contribution >= 0.6 is 0 Å². The van der Waals surface area contributed by atoms with E-state index in [0.717, 1.165) is 62.0 Å². The highest BCUT2D eigenvalue weighted by atomic mass is 16.3. The lowest BCUT2D eigenvalue weighted by Crippen LogP contribution is -2.37. The van der Waals surface area contributed by atoms with Crippen molar-refractivity contribution in [3.63, 3.8) is 0 Å². The van der Waals surface area contributed by atoms with Crippen LogP contribution in [0.1, 0.15) is 58.6 Å². The van der Waals surface area contributed by atoms with Crippen molar-refractivity contribution in [1.29, 1.82) is 0 Å². The molecule has 0 unspecified atom stereocenters. The first kappa shape index (κ1) is 41.1. The monoisotopic (exact) mass is 874 g/mol. The van der Waals surface area contributed by atoms with Crippen molar-refractivity contribution >= 4 is 51.2 Å². The summed E-state index contributed by atoms with van der Waals surface area (Å²) >= 11 is 0. The van der Waals surface area contributed by atoms with Crippen LogP contribution < -0.4 is 9.80 Å². The number of hydrogen-bond acceptors (Lipinski definition) is 3. The Balaban J connectivity index is 1.02. The summed E-state index contributed by atoms with van der Waals surface area (Å²) < 4.78 is 6.85. The molecule has 0 saturated carbocycles. The minimum Gasteiger partial charge on any atom is -0.460 e. The maximum absolute atomic E-state index is 6.85. The van der Waals surface area contributed by atoms with E-state index in [1.807, 2.05) is 12.2 Å². The van der Waals surface area contributed by atoms with Crippen molar-refractivity contribution in [2.45, 2.75) is 31.6 Å². The average Bonchev–Trinajstić information content (AvgIpc) is 3.84. The molecule has 3 nitrogen and oxygen atoms in total. The lowest BCUT2D eigenvalue weighted by atomic mass is 9.62. The molecule has 0 saturated heterocycles. The average molecular weight is 875 g/mol. The molecular formula is C65H50N2O. The van der Waals surface area contributed by atoms with Crippen LogP contribution in [0, 0.1) is 6.92 Å². The SMILES string of the molecule is C=C/C=C\c1c(C)oc2c(C3(c4ccccc4)c4ccccc4N(c4ccc(N(c5ccc(-c6ccccc6)cc5)c5ccc6c(c5)C(C)(C)c5ccccc5-6)cc4)c4ccccc43)cccc12. The number of nitrogens with zero attached hydrogens (tertiary/aromatic N) is 2. The van der Waals surface area contributed by atoms with Gasteiger partial charge in [-0.05, 0) is 118 Å². The first-order chi connectivity index (χ1) is 33.4. The van der Waals surface area contributed by atoms with E-state index < -0.39 is 5.41 Å². The second-order valence-electron chi connectivity index (χ2n) is 18.5. The number of hydrogen-bond donors (Lipinski definition) is 0. The van der Waals surface area contributed by atoms with Gasteiger partial charge in [-0.25, -0.2) is 0 Å². The summed E-state index contributed by atoms with van der Waals surface area (Å²) in [6.45, 7) is 10.7. The number of aryl methyl sites for hydroxylation is 1. The number of allylic oxidation sites excluding steroid dienone is 2. The minimum atomic E-state index is -0.710. The lowest BCUT2D eigenvalue weighted by Gasteiger charge is -2.46. The molecule has 1 aromatic heterocycles. The molecule has 2 aliphatic rings. The normalized spacial score (nSPS) is 14.0. The van der Waals surface area contributed by atoms with Crippen LogP contribution in [0.4, 0.5) is 34.1 Å². The van der Waals surface area contributed by atoms with E-state index in [1.54, 1.807) is 0 Å². The van der Waals surface area contributed by atoms with Gasteiger partial charge in [-0.2, -0.15) is 0 Å². The van der Waals surface area contributed by atoms with E-state index in [9.17, 15) is 0 Å². The van der Waals surface area contributed by atoms with Gasteiger partial charge >= 0.3 is 0 Å². The Kier molecular flexibility index (Phi) is 9.77. The number of anilines is 6. The molecule has 0 bridgehead atoms. The van der Waals surface area contributed by atoms with Gasteiger partial charge in [-0.3, -0.25) is 0 Å². The van der Waals surface area contributed by atoms with Gasteiger partial charge in [-0.1, -0.05) is 196 Å². The third kappa shape index (κ3) is 6.27. The van der Waals surface area contributed by atoms with Gasteiger partial charge in [0.1, 0.15) is 11.3 Å². The van der Waals surface area contributed by atoms with Crippen molar-refractivity contribution in [3.8, 4) is 22.3 Å². The molecule has 0 atom stereocenters. The molecule has 0 amide bonds. The van der Waals surface area contributed by atoms with Crippen LogP contribution in [0.2, 0.25) is 0 Å². The molecule has 0 radical (unpaired) electrons. The molecule has 9 aromatic carbocycles. The Bertz CT molecular complexity index is 3510. The Labute approximate surface area is 399 Å². The van der Waals surface area contributed by atoms with E-state index in [2.05, 4.69) is 262 Å². The van der Waals surface area contributed by atoms with E-state index in [1.165, 1.54) is 50.1 Å². The third-order valence-electron chi connectivity index (χ3n) is 14.5. The highest BCUT2D eigenvalue weighted by Crippen LogP contribution is 2.59.